The minimum Gasteiger partial charge on any atom is -0.384 e. The van der Waals surface area contributed by atoms with Crippen molar-refractivity contribution in [3.8, 4) is 0 Å². The molecule has 0 aromatic carbocycles. The summed E-state index contributed by atoms with van der Waals surface area (Å²) in [6.45, 7) is 5.28. The Balaban J connectivity index is 4.20. The Morgan fingerprint density at radius 1 is 1.06 bits per heavy atom. The summed E-state index contributed by atoms with van der Waals surface area (Å²) in [7, 11) is 3.61. The quantitative estimate of drug-likeness (QED) is 0.440. The summed E-state index contributed by atoms with van der Waals surface area (Å²) in [5, 5.41) is 0. The average molecular weight is 342 g/mol. The molecule has 0 aliphatic rings. The van der Waals surface area contributed by atoms with E-state index >= 15 is 0 Å². The zero-order valence-electron chi connectivity index (χ0n) is 11.2. The lowest BCUT2D eigenvalue weighted by atomic mass is 9.93. The summed E-state index contributed by atoms with van der Waals surface area (Å²) in [6, 6.07) is 0. The molecule has 16 heavy (non-hydrogen) atoms. The van der Waals surface area contributed by atoms with Crippen molar-refractivity contribution in [3.05, 3.63) is 0 Å². The molecule has 0 aliphatic carbocycles. The van der Waals surface area contributed by atoms with Crippen molar-refractivity contribution in [2.24, 2.45) is 5.92 Å². The minimum absolute atomic E-state index is 0.360. The Kier molecular flexibility index (Phi) is 11.2. The van der Waals surface area contributed by atoms with Crippen LogP contribution in [0.3, 0.4) is 0 Å². The van der Waals surface area contributed by atoms with Gasteiger partial charge in [0.15, 0.2) is 0 Å². The lowest BCUT2D eigenvalue weighted by Gasteiger charge is -2.27. The van der Waals surface area contributed by atoms with Gasteiger partial charge in [-0.3, -0.25) is 0 Å². The zero-order chi connectivity index (χ0) is 12.4. The normalized spacial score (nSPS) is 17.1. The average Bonchev–Trinajstić information content (AvgIpc) is 2.25. The van der Waals surface area contributed by atoms with Crippen LogP contribution in [0.5, 0.6) is 0 Å². The van der Waals surface area contributed by atoms with Crippen molar-refractivity contribution in [1.82, 2.24) is 0 Å². The standard InChI is InChI=1S/C13H27IO2/c1-5-7-12(14)9-11(10-15-3)13(16-4)8-6-2/h11-13H,5-10H2,1-4H3. The third-order valence-electron chi connectivity index (χ3n) is 2.94. The molecule has 3 unspecified atom stereocenters. The lowest BCUT2D eigenvalue weighted by Crippen LogP contribution is -2.29. The molecular formula is C13H27IO2. The van der Waals surface area contributed by atoms with E-state index in [1.54, 1.807) is 7.11 Å². The van der Waals surface area contributed by atoms with E-state index in [1.807, 2.05) is 7.11 Å². The monoisotopic (exact) mass is 342 g/mol. The number of alkyl halides is 1. The van der Waals surface area contributed by atoms with Crippen LogP contribution in [0.15, 0.2) is 0 Å². The maximum atomic E-state index is 5.60. The van der Waals surface area contributed by atoms with E-state index in [2.05, 4.69) is 36.4 Å². The Morgan fingerprint density at radius 3 is 2.12 bits per heavy atom. The van der Waals surface area contributed by atoms with Gasteiger partial charge < -0.3 is 9.47 Å². The van der Waals surface area contributed by atoms with Gasteiger partial charge >= 0.3 is 0 Å². The predicted molar refractivity (Wildman–Crippen MR) is 78.4 cm³/mol. The molecule has 3 atom stereocenters. The Bertz CT molecular complexity index is 153. The second kappa shape index (κ2) is 10.8. The van der Waals surface area contributed by atoms with Gasteiger partial charge in [-0.1, -0.05) is 49.3 Å². The number of halogens is 1. The van der Waals surface area contributed by atoms with Gasteiger partial charge in [0.25, 0.3) is 0 Å². The van der Waals surface area contributed by atoms with Crippen LogP contribution in [-0.4, -0.2) is 30.9 Å². The van der Waals surface area contributed by atoms with E-state index in [-0.39, 0.29) is 0 Å². The third-order valence-corrected chi connectivity index (χ3v) is 4.07. The molecule has 0 rings (SSSR count). The van der Waals surface area contributed by atoms with Gasteiger partial charge in [0.05, 0.1) is 12.7 Å². The van der Waals surface area contributed by atoms with Gasteiger partial charge in [0.2, 0.25) is 0 Å². The van der Waals surface area contributed by atoms with Crippen molar-refractivity contribution in [3.63, 3.8) is 0 Å². The smallest absolute Gasteiger partial charge is 0.0621 e. The van der Waals surface area contributed by atoms with Gasteiger partial charge in [0.1, 0.15) is 0 Å². The maximum absolute atomic E-state index is 5.60. The number of methoxy groups -OCH3 is 2. The first-order valence-electron chi connectivity index (χ1n) is 6.35. The van der Waals surface area contributed by atoms with Crippen LogP contribution in [0.2, 0.25) is 0 Å². The highest BCUT2D eigenvalue weighted by molar-refractivity contribution is 14.1. The van der Waals surface area contributed by atoms with Crippen molar-refractivity contribution in [1.29, 1.82) is 0 Å². The molecule has 0 saturated carbocycles. The molecule has 0 amide bonds. The minimum atomic E-state index is 0.360. The van der Waals surface area contributed by atoms with Gasteiger partial charge in [0, 0.05) is 24.1 Å². The maximum Gasteiger partial charge on any atom is 0.0621 e. The molecule has 98 valence electrons. The predicted octanol–water partition coefficient (Wildman–Crippen LogP) is 4.06. The topological polar surface area (TPSA) is 18.5 Å². The van der Waals surface area contributed by atoms with Crippen LogP contribution >= 0.6 is 22.6 Å². The first-order chi connectivity index (χ1) is 7.69. The first kappa shape index (κ1) is 16.6. The number of ether oxygens (including phenoxy) is 2. The fraction of sp³-hybridized carbons (Fsp3) is 1.00. The molecule has 0 bridgehead atoms. The fourth-order valence-electron chi connectivity index (χ4n) is 2.13. The van der Waals surface area contributed by atoms with E-state index in [4.69, 9.17) is 9.47 Å². The summed E-state index contributed by atoms with van der Waals surface area (Å²) in [4.78, 5) is 0. The van der Waals surface area contributed by atoms with Gasteiger partial charge in [-0.2, -0.15) is 0 Å². The van der Waals surface area contributed by atoms with Crippen molar-refractivity contribution in [2.45, 2.75) is 56.0 Å². The zero-order valence-corrected chi connectivity index (χ0v) is 13.3. The van der Waals surface area contributed by atoms with E-state index < -0.39 is 0 Å². The van der Waals surface area contributed by atoms with Crippen LogP contribution in [0.1, 0.15) is 46.0 Å². The van der Waals surface area contributed by atoms with Gasteiger partial charge in [-0.25, -0.2) is 0 Å². The fourth-order valence-corrected chi connectivity index (χ4v) is 3.41. The van der Waals surface area contributed by atoms with E-state index in [9.17, 15) is 0 Å². The molecule has 2 nitrogen and oxygen atoms in total. The Hall–Kier alpha value is 0.650. The highest BCUT2D eigenvalue weighted by Crippen LogP contribution is 2.24. The van der Waals surface area contributed by atoms with Crippen LogP contribution < -0.4 is 0 Å². The van der Waals surface area contributed by atoms with Crippen LogP contribution in [0.4, 0.5) is 0 Å². The molecule has 0 saturated heterocycles. The molecule has 0 aromatic heterocycles. The van der Waals surface area contributed by atoms with Gasteiger partial charge in [-0.15, -0.1) is 0 Å². The molecule has 3 heteroatoms. The van der Waals surface area contributed by atoms with Crippen molar-refractivity contribution < 1.29 is 9.47 Å². The highest BCUT2D eigenvalue weighted by Gasteiger charge is 2.23. The second-order valence-electron chi connectivity index (χ2n) is 4.40. The summed E-state index contributed by atoms with van der Waals surface area (Å²) in [5.74, 6) is 0.545. The first-order valence-corrected chi connectivity index (χ1v) is 7.59. The van der Waals surface area contributed by atoms with Crippen LogP contribution in [0.25, 0.3) is 0 Å². The number of hydrogen-bond acceptors (Lipinski definition) is 2. The summed E-state index contributed by atoms with van der Waals surface area (Å²) in [6.07, 6.45) is 6.44. The summed E-state index contributed by atoms with van der Waals surface area (Å²) in [5.41, 5.74) is 0. The molecule has 0 fully saturated rings. The molecule has 0 N–H and O–H groups in total. The summed E-state index contributed by atoms with van der Waals surface area (Å²) < 4.78 is 11.7. The molecule has 0 spiro atoms. The third kappa shape index (κ3) is 7.07. The number of hydrogen-bond donors (Lipinski definition) is 0. The van der Waals surface area contributed by atoms with Gasteiger partial charge in [-0.05, 0) is 19.3 Å². The molecular weight excluding hydrogens is 315 g/mol. The Morgan fingerprint density at radius 2 is 1.69 bits per heavy atom. The highest BCUT2D eigenvalue weighted by atomic mass is 127. The van der Waals surface area contributed by atoms with E-state index in [0.717, 1.165) is 17.0 Å². The molecule has 0 radical (unpaired) electrons. The molecule has 0 aliphatic heterocycles. The number of rotatable bonds is 10. The lowest BCUT2D eigenvalue weighted by molar-refractivity contribution is 0.00583. The largest absolute Gasteiger partial charge is 0.384 e. The van der Waals surface area contributed by atoms with E-state index in [1.165, 1.54) is 25.7 Å². The van der Waals surface area contributed by atoms with Crippen LogP contribution in [-0.2, 0) is 9.47 Å². The molecule has 0 heterocycles. The Labute approximate surface area is 115 Å². The summed E-state index contributed by atoms with van der Waals surface area (Å²) >= 11 is 2.56. The van der Waals surface area contributed by atoms with Crippen molar-refractivity contribution in [2.75, 3.05) is 20.8 Å². The van der Waals surface area contributed by atoms with Crippen molar-refractivity contribution >= 4 is 22.6 Å². The SMILES string of the molecule is CCCC(I)CC(COC)C(CCC)OC. The molecule has 0 aromatic rings. The van der Waals surface area contributed by atoms with E-state index in [0.29, 0.717) is 12.0 Å². The van der Waals surface area contributed by atoms with Crippen LogP contribution in [0, 0.1) is 5.92 Å². The second-order valence-corrected chi connectivity index (χ2v) is 6.16.